The quantitative estimate of drug-likeness (QED) is 0.940. The number of hydrogen-bond donors (Lipinski definition) is 1. The van der Waals surface area contributed by atoms with Gasteiger partial charge in [-0.15, -0.1) is 0 Å². The number of pyridine rings is 1. The van der Waals surface area contributed by atoms with Crippen LogP contribution in [0.25, 0.3) is 0 Å². The summed E-state index contributed by atoms with van der Waals surface area (Å²) in [5, 5.41) is 10.2. The van der Waals surface area contributed by atoms with Gasteiger partial charge in [0, 0.05) is 17.1 Å². The van der Waals surface area contributed by atoms with Crippen molar-refractivity contribution in [3.63, 3.8) is 0 Å². The lowest BCUT2D eigenvalue weighted by atomic mass is 10.0. The highest BCUT2D eigenvalue weighted by Gasteiger charge is 2.14. The molecule has 18 heavy (non-hydrogen) atoms. The van der Waals surface area contributed by atoms with E-state index in [4.69, 9.17) is 0 Å². The molecule has 2 nitrogen and oxygen atoms in total. The van der Waals surface area contributed by atoms with E-state index in [9.17, 15) is 9.50 Å². The average Bonchev–Trinajstić information content (AvgIpc) is 2.34. The Morgan fingerprint density at radius 3 is 2.89 bits per heavy atom. The first kappa shape index (κ1) is 13.2. The molecule has 1 N–H and O–H groups in total. The highest BCUT2D eigenvalue weighted by atomic mass is 79.9. The molecule has 0 bridgehead atoms. The van der Waals surface area contributed by atoms with Gasteiger partial charge >= 0.3 is 0 Å². The zero-order valence-corrected chi connectivity index (χ0v) is 11.5. The minimum absolute atomic E-state index is 0.307. The van der Waals surface area contributed by atoms with Gasteiger partial charge in [0.05, 0.1) is 5.69 Å². The van der Waals surface area contributed by atoms with Crippen molar-refractivity contribution in [2.45, 2.75) is 19.4 Å². The van der Waals surface area contributed by atoms with Crippen molar-refractivity contribution < 1.29 is 9.50 Å². The summed E-state index contributed by atoms with van der Waals surface area (Å²) >= 11 is 3.35. The van der Waals surface area contributed by atoms with Crippen molar-refractivity contribution >= 4 is 15.9 Å². The predicted octanol–water partition coefficient (Wildman–Crippen LogP) is 3.57. The summed E-state index contributed by atoms with van der Waals surface area (Å²) in [4.78, 5) is 4.17. The number of nitrogens with zero attached hydrogens (tertiary/aromatic N) is 1. The molecular formula is C14H13BrFNO. The lowest BCUT2D eigenvalue weighted by Crippen LogP contribution is -2.06. The van der Waals surface area contributed by atoms with Gasteiger partial charge in [0.1, 0.15) is 11.9 Å². The summed E-state index contributed by atoms with van der Waals surface area (Å²) in [6.07, 6.45) is 1.24. The Morgan fingerprint density at radius 1 is 1.39 bits per heavy atom. The normalized spacial score (nSPS) is 12.4. The van der Waals surface area contributed by atoms with Crippen molar-refractivity contribution in [3.05, 3.63) is 63.6 Å². The van der Waals surface area contributed by atoms with Gasteiger partial charge < -0.3 is 5.11 Å². The molecule has 0 amide bonds. The third-order valence-electron chi connectivity index (χ3n) is 2.79. The second-order valence-corrected chi connectivity index (χ2v) is 5.02. The molecule has 0 saturated carbocycles. The van der Waals surface area contributed by atoms with E-state index < -0.39 is 6.10 Å². The van der Waals surface area contributed by atoms with Gasteiger partial charge in [-0.05, 0) is 42.3 Å². The molecule has 1 heterocycles. The lowest BCUT2D eigenvalue weighted by molar-refractivity contribution is 0.172. The van der Waals surface area contributed by atoms with Gasteiger partial charge in [0.2, 0.25) is 0 Å². The minimum Gasteiger partial charge on any atom is -0.386 e. The minimum atomic E-state index is -0.732. The van der Waals surface area contributed by atoms with Crippen LogP contribution in [0.4, 0.5) is 4.39 Å². The Balaban J connectivity index is 2.24. The highest BCUT2D eigenvalue weighted by molar-refractivity contribution is 9.10. The Labute approximate surface area is 114 Å². The van der Waals surface area contributed by atoms with E-state index in [1.54, 1.807) is 12.3 Å². The first-order chi connectivity index (χ1) is 8.58. The fraction of sp³-hybridized carbons (Fsp3) is 0.214. The molecule has 2 rings (SSSR count). The maximum atomic E-state index is 13.2. The average molecular weight is 310 g/mol. The second-order valence-electron chi connectivity index (χ2n) is 4.16. The van der Waals surface area contributed by atoms with Gasteiger partial charge in [0.15, 0.2) is 0 Å². The van der Waals surface area contributed by atoms with Gasteiger partial charge in [-0.3, -0.25) is 4.98 Å². The summed E-state index contributed by atoms with van der Waals surface area (Å²) in [5.74, 6) is -0.307. The van der Waals surface area contributed by atoms with Crippen LogP contribution in [0.1, 0.15) is 22.9 Å². The maximum absolute atomic E-state index is 13.2. The smallest absolute Gasteiger partial charge is 0.123 e. The van der Waals surface area contributed by atoms with Crippen LogP contribution >= 0.6 is 15.9 Å². The number of aryl methyl sites for hydroxylation is 1. The number of rotatable bonds is 3. The van der Waals surface area contributed by atoms with Crippen LogP contribution in [0.3, 0.4) is 0 Å². The van der Waals surface area contributed by atoms with Crippen molar-refractivity contribution in [1.82, 2.24) is 4.98 Å². The zero-order valence-electron chi connectivity index (χ0n) is 9.90. The van der Waals surface area contributed by atoms with Crippen LogP contribution < -0.4 is 0 Å². The molecule has 94 valence electrons. The fourth-order valence-corrected chi connectivity index (χ4v) is 2.26. The Kier molecular flexibility index (Phi) is 4.09. The molecule has 0 radical (unpaired) electrons. The van der Waals surface area contributed by atoms with Crippen LogP contribution in [0, 0.1) is 12.7 Å². The van der Waals surface area contributed by atoms with Crippen LogP contribution in [0.5, 0.6) is 0 Å². The van der Waals surface area contributed by atoms with E-state index in [0.29, 0.717) is 12.1 Å². The molecule has 0 aliphatic heterocycles. The van der Waals surface area contributed by atoms with Gasteiger partial charge in [-0.25, -0.2) is 4.39 Å². The fourth-order valence-electron chi connectivity index (χ4n) is 1.85. The highest BCUT2D eigenvalue weighted by Crippen LogP contribution is 2.25. The second kappa shape index (κ2) is 5.59. The Bertz CT molecular complexity index is 559. The van der Waals surface area contributed by atoms with E-state index in [0.717, 1.165) is 15.6 Å². The molecule has 0 aliphatic rings. The van der Waals surface area contributed by atoms with E-state index in [2.05, 4.69) is 20.9 Å². The molecule has 0 fully saturated rings. The van der Waals surface area contributed by atoms with E-state index >= 15 is 0 Å². The Morgan fingerprint density at radius 2 is 2.17 bits per heavy atom. The third-order valence-corrected chi connectivity index (χ3v) is 3.56. The molecule has 2 aromatic rings. The number of benzene rings is 1. The summed E-state index contributed by atoms with van der Waals surface area (Å²) in [6, 6.07) is 8.16. The first-order valence-electron chi connectivity index (χ1n) is 5.61. The molecule has 0 spiro atoms. The van der Waals surface area contributed by atoms with Crippen LogP contribution in [-0.2, 0) is 6.42 Å². The summed E-state index contributed by atoms with van der Waals surface area (Å²) in [7, 11) is 0. The van der Waals surface area contributed by atoms with Gasteiger partial charge in [-0.1, -0.05) is 22.0 Å². The maximum Gasteiger partial charge on any atom is 0.123 e. The predicted molar refractivity (Wildman–Crippen MR) is 71.7 cm³/mol. The number of hydrogen-bond acceptors (Lipinski definition) is 2. The summed E-state index contributed by atoms with van der Waals surface area (Å²) in [6.45, 7) is 1.90. The molecule has 1 aromatic carbocycles. The molecule has 1 atom stereocenters. The number of aromatic nitrogens is 1. The van der Waals surface area contributed by atoms with Crippen molar-refractivity contribution in [2.75, 3.05) is 0 Å². The SMILES string of the molecule is Cc1cccnc1C(O)Cc1cc(F)ccc1Br. The lowest BCUT2D eigenvalue weighted by Gasteiger charge is -2.13. The number of halogens is 2. The molecule has 4 heteroatoms. The van der Waals surface area contributed by atoms with Crippen molar-refractivity contribution in [3.8, 4) is 0 Å². The van der Waals surface area contributed by atoms with Crippen molar-refractivity contribution in [1.29, 1.82) is 0 Å². The Hall–Kier alpha value is -1.26. The van der Waals surface area contributed by atoms with Crippen LogP contribution in [0.15, 0.2) is 41.0 Å². The number of aliphatic hydroxyl groups is 1. The van der Waals surface area contributed by atoms with Gasteiger partial charge in [0.25, 0.3) is 0 Å². The first-order valence-corrected chi connectivity index (χ1v) is 6.40. The molecular weight excluding hydrogens is 297 g/mol. The van der Waals surface area contributed by atoms with Crippen molar-refractivity contribution in [2.24, 2.45) is 0 Å². The van der Waals surface area contributed by atoms with Crippen LogP contribution in [0.2, 0.25) is 0 Å². The molecule has 1 unspecified atom stereocenters. The number of aliphatic hydroxyl groups excluding tert-OH is 1. The van der Waals surface area contributed by atoms with Gasteiger partial charge in [-0.2, -0.15) is 0 Å². The summed E-state index contributed by atoms with van der Waals surface area (Å²) in [5.41, 5.74) is 2.29. The summed E-state index contributed by atoms with van der Waals surface area (Å²) < 4.78 is 13.9. The van der Waals surface area contributed by atoms with Crippen LogP contribution in [-0.4, -0.2) is 10.1 Å². The standard InChI is InChI=1S/C14H13BrFNO/c1-9-3-2-6-17-14(9)13(18)8-10-7-11(16)4-5-12(10)15/h2-7,13,18H,8H2,1H3. The van der Waals surface area contributed by atoms with E-state index in [1.165, 1.54) is 12.1 Å². The zero-order chi connectivity index (χ0) is 13.1. The molecule has 1 aromatic heterocycles. The molecule has 0 aliphatic carbocycles. The monoisotopic (exact) mass is 309 g/mol. The molecule has 0 saturated heterocycles. The largest absolute Gasteiger partial charge is 0.386 e. The van der Waals surface area contributed by atoms with E-state index in [-0.39, 0.29) is 5.82 Å². The topological polar surface area (TPSA) is 33.1 Å². The van der Waals surface area contributed by atoms with E-state index in [1.807, 2.05) is 19.1 Å². The third kappa shape index (κ3) is 2.94.